The van der Waals surface area contributed by atoms with Crippen LogP contribution in [0.15, 0.2) is 0 Å². The van der Waals surface area contributed by atoms with Crippen LogP contribution in [0.25, 0.3) is 0 Å². The van der Waals surface area contributed by atoms with Crippen molar-refractivity contribution < 1.29 is 0 Å². The summed E-state index contributed by atoms with van der Waals surface area (Å²) in [4.78, 5) is 2.63. The van der Waals surface area contributed by atoms with Gasteiger partial charge < -0.3 is 5.32 Å². The summed E-state index contributed by atoms with van der Waals surface area (Å²) in [7, 11) is 0. The summed E-state index contributed by atoms with van der Waals surface area (Å²) in [6, 6.07) is 1.55. The zero-order chi connectivity index (χ0) is 10.6. The summed E-state index contributed by atoms with van der Waals surface area (Å²) in [5.41, 5.74) is 0. The standard InChI is InChI=1S/C10H20N2.C2H6/c1-3-11-10-8(2)12-6-4-9(10)5-7-12;1-2/h8-11H,3-7H2,1-2H3;1-2H3. The van der Waals surface area contributed by atoms with Gasteiger partial charge in [0.25, 0.3) is 0 Å². The first-order chi connectivity index (χ1) is 6.83. The number of rotatable bonds is 2. The van der Waals surface area contributed by atoms with E-state index in [4.69, 9.17) is 0 Å². The third-order valence-electron chi connectivity index (χ3n) is 3.62. The average molecular weight is 198 g/mol. The lowest BCUT2D eigenvalue weighted by molar-refractivity contribution is 0.0231. The van der Waals surface area contributed by atoms with Crippen LogP contribution in [-0.2, 0) is 0 Å². The Morgan fingerprint density at radius 2 is 1.79 bits per heavy atom. The van der Waals surface area contributed by atoms with E-state index in [2.05, 4.69) is 24.1 Å². The SMILES string of the molecule is CC.CCNC1C2CCN(CC2)C1C. The average Bonchev–Trinajstić information content (AvgIpc) is 2.27. The van der Waals surface area contributed by atoms with Crippen molar-refractivity contribution >= 4 is 0 Å². The van der Waals surface area contributed by atoms with Crippen molar-refractivity contribution in [2.75, 3.05) is 19.6 Å². The second-order valence-corrected chi connectivity index (χ2v) is 4.20. The van der Waals surface area contributed by atoms with E-state index < -0.39 is 0 Å². The largest absolute Gasteiger partial charge is 0.312 e. The fraction of sp³-hybridized carbons (Fsp3) is 1.00. The molecule has 0 aromatic rings. The minimum atomic E-state index is 0.775. The van der Waals surface area contributed by atoms with Gasteiger partial charge in [0.1, 0.15) is 0 Å². The lowest BCUT2D eigenvalue weighted by Crippen LogP contribution is -2.61. The van der Waals surface area contributed by atoms with Crippen molar-refractivity contribution in [2.45, 2.75) is 52.6 Å². The zero-order valence-corrected chi connectivity index (χ0v) is 10.2. The van der Waals surface area contributed by atoms with Crippen LogP contribution in [-0.4, -0.2) is 36.6 Å². The number of likely N-dealkylation sites (N-methyl/N-ethyl adjacent to an activating group) is 1. The predicted molar refractivity (Wildman–Crippen MR) is 62.6 cm³/mol. The Hall–Kier alpha value is -0.0800. The Bertz CT molecular complexity index is 148. The van der Waals surface area contributed by atoms with Gasteiger partial charge in [-0.3, -0.25) is 4.90 Å². The summed E-state index contributed by atoms with van der Waals surface area (Å²) >= 11 is 0. The van der Waals surface area contributed by atoms with E-state index in [1.54, 1.807) is 0 Å². The zero-order valence-electron chi connectivity index (χ0n) is 10.2. The molecule has 2 atom stereocenters. The molecule has 3 aliphatic rings. The lowest BCUT2D eigenvalue weighted by atomic mass is 9.79. The monoisotopic (exact) mass is 198 g/mol. The molecule has 2 unspecified atom stereocenters. The highest BCUT2D eigenvalue weighted by molar-refractivity contribution is 4.96. The molecule has 0 radical (unpaired) electrons. The van der Waals surface area contributed by atoms with Gasteiger partial charge in [0.05, 0.1) is 0 Å². The molecule has 3 fully saturated rings. The maximum absolute atomic E-state index is 3.62. The van der Waals surface area contributed by atoms with E-state index in [1.807, 2.05) is 13.8 Å². The van der Waals surface area contributed by atoms with E-state index in [9.17, 15) is 0 Å². The van der Waals surface area contributed by atoms with Crippen LogP contribution in [0.2, 0.25) is 0 Å². The minimum absolute atomic E-state index is 0.775. The number of fused-ring (bicyclic) bond motifs is 3. The van der Waals surface area contributed by atoms with Gasteiger partial charge in [0, 0.05) is 12.1 Å². The molecule has 0 saturated carbocycles. The normalized spacial score (nSPS) is 40.3. The van der Waals surface area contributed by atoms with Gasteiger partial charge in [-0.25, -0.2) is 0 Å². The molecule has 3 aliphatic heterocycles. The second-order valence-electron chi connectivity index (χ2n) is 4.20. The van der Waals surface area contributed by atoms with E-state index in [-0.39, 0.29) is 0 Å². The first kappa shape index (κ1) is 12.0. The molecule has 3 saturated heterocycles. The summed E-state index contributed by atoms with van der Waals surface area (Å²) in [5, 5.41) is 3.62. The molecule has 0 aromatic carbocycles. The van der Waals surface area contributed by atoms with Gasteiger partial charge in [-0.2, -0.15) is 0 Å². The molecule has 14 heavy (non-hydrogen) atoms. The van der Waals surface area contributed by atoms with Crippen LogP contribution in [0.1, 0.15) is 40.5 Å². The fourth-order valence-corrected chi connectivity index (χ4v) is 2.88. The molecule has 2 bridgehead atoms. The molecule has 1 N–H and O–H groups in total. The molecule has 0 aromatic heterocycles. The lowest BCUT2D eigenvalue weighted by Gasteiger charge is -2.50. The van der Waals surface area contributed by atoms with Gasteiger partial charge >= 0.3 is 0 Å². The Kier molecular flexibility index (Phi) is 4.90. The molecule has 0 spiro atoms. The van der Waals surface area contributed by atoms with Crippen LogP contribution < -0.4 is 5.32 Å². The van der Waals surface area contributed by atoms with Gasteiger partial charge in [-0.15, -0.1) is 0 Å². The number of hydrogen-bond acceptors (Lipinski definition) is 2. The smallest absolute Gasteiger partial charge is 0.0249 e. The van der Waals surface area contributed by atoms with E-state index >= 15 is 0 Å². The topological polar surface area (TPSA) is 15.3 Å². The maximum Gasteiger partial charge on any atom is 0.0249 e. The van der Waals surface area contributed by atoms with Gasteiger partial charge in [-0.1, -0.05) is 20.8 Å². The van der Waals surface area contributed by atoms with Crippen molar-refractivity contribution in [1.29, 1.82) is 0 Å². The molecule has 3 heterocycles. The Morgan fingerprint density at radius 3 is 2.21 bits per heavy atom. The highest BCUT2D eigenvalue weighted by Gasteiger charge is 2.38. The molecule has 0 aliphatic carbocycles. The van der Waals surface area contributed by atoms with Crippen molar-refractivity contribution in [3.05, 3.63) is 0 Å². The summed E-state index contributed by atoms with van der Waals surface area (Å²) in [5.74, 6) is 0.963. The van der Waals surface area contributed by atoms with Crippen molar-refractivity contribution in [2.24, 2.45) is 5.92 Å². The van der Waals surface area contributed by atoms with Crippen LogP contribution in [0.5, 0.6) is 0 Å². The quantitative estimate of drug-likeness (QED) is 0.731. The van der Waals surface area contributed by atoms with E-state index in [0.717, 1.165) is 24.5 Å². The van der Waals surface area contributed by atoms with Crippen molar-refractivity contribution in [1.82, 2.24) is 10.2 Å². The third-order valence-corrected chi connectivity index (χ3v) is 3.62. The first-order valence-electron chi connectivity index (χ1n) is 6.30. The van der Waals surface area contributed by atoms with E-state index in [1.165, 1.54) is 25.9 Å². The third kappa shape index (κ3) is 2.29. The highest BCUT2D eigenvalue weighted by Crippen LogP contribution is 2.31. The van der Waals surface area contributed by atoms with Crippen LogP contribution in [0.4, 0.5) is 0 Å². The minimum Gasteiger partial charge on any atom is -0.312 e. The molecule has 2 nitrogen and oxygen atoms in total. The maximum atomic E-state index is 3.62. The summed E-state index contributed by atoms with van der Waals surface area (Å²) in [6.07, 6.45) is 2.84. The van der Waals surface area contributed by atoms with Crippen LogP contribution >= 0.6 is 0 Å². The van der Waals surface area contributed by atoms with Gasteiger partial charge in [-0.05, 0) is 45.3 Å². The number of piperidine rings is 3. The van der Waals surface area contributed by atoms with Gasteiger partial charge in [0.15, 0.2) is 0 Å². The fourth-order valence-electron chi connectivity index (χ4n) is 2.88. The molecule has 2 heteroatoms. The first-order valence-corrected chi connectivity index (χ1v) is 6.30. The molecular formula is C12H26N2. The molecule has 0 amide bonds. The Balaban J connectivity index is 0.000000461. The molecule has 3 rings (SSSR count). The number of hydrogen-bond donors (Lipinski definition) is 1. The number of nitrogens with one attached hydrogen (secondary N) is 1. The predicted octanol–water partition coefficient (Wildman–Crippen LogP) is 2.10. The van der Waals surface area contributed by atoms with E-state index in [0.29, 0.717) is 0 Å². The van der Waals surface area contributed by atoms with Crippen LogP contribution in [0, 0.1) is 5.92 Å². The number of nitrogens with zero attached hydrogens (tertiary/aromatic N) is 1. The second kappa shape index (κ2) is 5.72. The van der Waals surface area contributed by atoms with Crippen LogP contribution in [0.3, 0.4) is 0 Å². The Labute approximate surface area is 89.1 Å². The van der Waals surface area contributed by atoms with Crippen molar-refractivity contribution in [3.8, 4) is 0 Å². The molecule has 84 valence electrons. The highest BCUT2D eigenvalue weighted by atomic mass is 15.2. The van der Waals surface area contributed by atoms with Crippen molar-refractivity contribution in [3.63, 3.8) is 0 Å². The summed E-state index contributed by atoms with van der Waals surface area (Å²) in [6.45, 7) is 12.4. The summed E-state index contributed by atoms with van der Waals surface area (Å²) < 4.78 is 0. The van der Waals surface area contributed by atoms with Gasteiger partial charge in [0.2, 0.25) is 0 Å². The Morgan fingerprint density at radius 1 is 1.21 bits per heavy atom. The molecular weight excluding hydrogens is 172 g/mol.